The molecule has 0 radical (unpaired) electrons. The molecular weight excluding hydrogens is 494 g/mol. The van der Waals surface area contributed by atoms with Crippen LogP contribution in [0.25, 0.3) is 10.9 Å². The maximum atomic E-state index is 12.3. The van der Waals surface area contributed by atoms with Crippen molar-refractivity contribution in [3.8, 4) is 29.2 Å². The van der Waals surface area contributed by atoms with Crippen LogP contribution in [0.2, 0.25) is 0 Å². The summed E-state index contributed by atoms with van der Waals surface area (Å²) in [6.07, 6.45) is 3.38. The van der Waals surface area contributed by atoms with Crippen molar-refractivity contribution in [2.75, 3.05) is 17.7 Å². The normalized spacial score (nSPS) is 10.4. The van der Waals surface area contributed by atoms with Crippen molar-refractivity contribution < 1.29 is 19.0 Å². The molecule has 192 valence electrons. The van der Waals surface area contributed by atoms with Gasteiger partial charge >= 0.3 is 6.03 Å². The van der Waals surface area contributed by atoms with E-state index in [0.717, 1.165) is 10.9 Å². The number of hydrogen-bond donors (Lipinski definition) is 2. The monoisotopic (exact) mass is 517 g/mol. The fraction of sp³-hybridized carbons (Fsp3) is 0.0667. The summed E-state index contributed by atoms with van der Waals surface area (Å²) in [6.45, 7) is 0.303. The number of urea groups is 1. The Bertz CT molecular complexity index is 1630. The number of fused-ring (bicyclic) bond motifs is 1. The molecule has 5 aromatic rings. The molecule has 0 saturated carbocycles. The van der Waals surface area contributed by atoms with E-state index in [4.69, 9.17) is 14.2 Å². The number of anilines is 2. The van der Waals surface area contributed by atoms with E-state index in [1.807, 2.05) is 18.2 Å². The number of rotatable bonds is 8. The zero-order valence-corrected chi connectivity index (χ0v) is 20.9. The first kappa shape index (κ1) is 25.0. The van der Waals surface area contributed by atoms with Gasteiger partial charge in [-0.05, 0) is 78.4 Å². The molecule has 0 spiro atoms. The Labute approximate surface area is 224 Å². The molecule has 0 aliphatic heterocycles. The van der Waals surface area contributed by atoms with Crippen molar-refractivity contribution in [3.63, 3.8) is 0 Å². The van der Waals surface area contributed by atoms with E-state index in [1.54, 1.807) is 86.2 Å². The highest BCUT2D eigenvalue weighted by Gasteiger charge is 2.10. The number of amides is 2. The summed E-state index contributed by atoms with van der Waals surface area (Å²) < 4.78 is 16.9. The summed E-state index contributed by atoms with van der Waals surface area (Å²) in [7, 11) is 1.58. The third-order valence-electron chi connectivity index (χ3n) is 5.71. The maximum absolute atomic E-state index is 12.3. The molecule has 9 nitrogen and oxygen atoms in total. The summed E-state index contributed by atoms with van der Waals surface area (Å²) in [5.74, 6) is 2.07. The second-order valence-electron chi connectivity index (χ2n) is 8.38. The third kappa shape index (κ3) is 6.39. The Hall–Kier alpha value is -5.62. The Morgan fingerprint density at radius 3 is 2.18 bits per heavy atom. The number of aromatic nitrogens is 2. The molecule has 0 saturated heterocycles. The van der Waals surface area contributed by atoms with Crippen LogP contribution in [-0.4, -0.2) is 23.1 Å². The fourth-order valence-corrected chi connectivity index (χ4v) is 3.73. The molecule has 9 heteroatoms. The van der Waals surface area contributed by atoms with Gasteiger partial charge in [0, 0.05) is 41.3 Å². The van der Waals surface area contributed by atoms with Crippen LogP contribution in [0.15, 0.2) is 97.3 Å². The topological polar surface area (TPSA) is 118 Å². The number of nitrogens with one attached hydrogen (secondary N) is 2. The Kier molecular flexibility index (Phi) is 7.46. The summed E-state index contributed by atoms with van der Waals surface area (Å²) in [5.41, 5.74) is 3.23. The van der Waals surface area contributed by atoms with Gasteiger partial charge in [0.25, 0.3) is 0 Å². The van der Waals surface area contributed by atoms with Crippen molar-refractivity contribution in [3.05, 3.63) is 108 Å². The predicted molar refractivity (Wildman–Crippen MR) is 147 cm³/mol. The summed E-state index contributed by atoms with van der Waals surface area (Å²) in [6, 6.07) is 26.5. The fourth-order valence-electron chi connectivity index (χ4n) is 3.73. The highest BCUT2D eigenvalue weighted by Crippen LogP contribution is 2.29. The van der Waals surface area contributed by atoms with Crippen LogP contribution in [-0.2, 0) is 6.61 Å². The molecule has 0 atom stereocenters. The van der Waals surface area contributed by atoms with Crippen molar-refractivity contribution in [1.82, 2.24) is 9.97 Å². The molecule has 2 N–H and O–H groups in total. The number of hydrogen-bond acceptors (Lipinski definition) is 7. The first-order valence-electron chi connectivity index (χ1n) is 12.0. The molecule has 0 bridgehead atoms. The van der Waals surface area contributed by atoms with Gasteiger partial charge in [-0.25, -0.2) is 9.78 Å². The smallest absolute Gasteiger partial charge is 0.323 e. The number of carbonyl (C=O) groups excluding carboxylic acids is 1. The minimum Gasteiger partial charge on any atom is -0.497 e. The predicted octanol–water partition coefficient (Wildman–Crippen LogP) is 6.53. The molecular formula is C30H23N5O4. The number of carbonyl (C=O) groups is 1. The Balaban J connectivity index is 1.24. The molecule has 5 rings (SSSR count). The molecule has 0 aliphatic rings. The van der Waals surface area contributed by atoms with Crippen LogP contribution in [0.1, 0.15) is 11.1 Å². The van der Waals surface area contributed by atoms with Crippen molar-refractivity contribution in [2.45, 2.75) is 6.61 Å². The molecule has 0 fully saturated rings. The van der Waals surface area contributed by atoms with Gasteiger partial charge in [-0.3, -0.25) is 4.98 Å². The molecule has 39 heavy (non-hydrogen) atoms. The van der Waals surface area contributed by atoms with E-state index in [0.29, 0.717) is 52.2 Å². The van der Waals surface area contributed by atoms with Crippen LogP contribution in [0.5, 0.6) is 23.1 Å². The number of nitriles is 1. The van der Waals surface area contributed by atoms with Crippen molar-refractivity contribution in [1.29, 1.82) is 5.26 Å². The SMILES string of the molecule is COc1ccc(NC(=O)Nc2ccc(Oc3ccc4cc(C#N)c(OCc5ccncc5)cc4n3)cc2)cc1. The van der Waals surface area contributed by atoms with E-state index in [9.17, 15) is 10.1 Å². The minimum absolute atomic E-state index is 0.303. The minimum atomic E-state index is -0.372. The zero-order chi connectivity index (χ0) is 27.0. The number of pyridine rings is 2. The first-order valence-corrected chi connectivity index (χ1v) is 12.0. The van der Waals surface area contributed by atoms with Gasteiger partial charge in [0.1, 0.15) is 29.9 Å². The van der Waals surface area contributed by atoms with E-state index in [1.165, 1.54) is 0 Å². The summed E-state index contributed by atoms with van der Waals surface area (Å²) in [4.78, 5) is 20.9. The lowest BCUT2D eigenvalue weighted by Gasteiger charge is -2.11. The van der Waals surface area contributed by atoms with Crippen LogP contribution in [0.3, 0.4) is 0 Å². The second kappa shape index (κ2) is 11.6. The molecule has 0 unspecified atom stereocenters. The summed E-state index contributed by atoms with van der Waals surface area (Å²) >= 11 is 0. The van der Waals surface area contributed by atoms with Gasteiger partial charge in [-0.1, -0.05) is 0 Å². The lowest BCUT2D eigenvalue weighted by Crippen LogP contribution is -2.19. The van der Waals surface area contributed by atoms with Gasteiger partial charge in [0.2, 0.25) is 5.88 Å². The van der Waals surface area contributed by atoms with Crippen LogP contribution in [0, 0.1) is 11.3 Å². The molecule has 0 aliphatic carbocycles. The van der Waals surface area contributed by atoms with E-state index >= 15 is 0 Å². The largest absolute Gasteiger partial charge is 0.497 e. The highest BCUT2D eigenvalue weighted by atomic mass is 16.5. The summed E-state index contributed by atoms with van der Waals surface area (Å²) in [5, 5.41) is 15.9. The number of benzene rings is 3. The van der Waals surface area contributed by atoms with Gasteiger partial charge in [0.05, 0.1) is 18.2 Å². The maximum Gasteiger partial charge on any atom is 0.323 e. The number of nitrogens with zero attached hydrogens (tertiary/aromatic N) is 3. The first-order chi connectivity index (χ1) is 19.1. The molecule has 2 heterocycles. The van der Waals surface area contributed by atoms with Crippen LogP contribution >= 0.6 is 0 Å². The molecule has 2 aromatic heterocycles. The Morgan fingerprint density at radius 1 is 0.872 bits per heavy atom. The number of methoxy groups -OCH3 is 1. The molecule has 2 amide bonds. The third-order valence-corrected chi connectivity index (χ3v) is 5.71. The quantitative estimate of drug-likeness (QED) is 0.240. The van der Waals surface area contributed by atoms with E-state index in [2.05, 4.69) is 26.7 Å². The Morgan fingerprint density at radius 2 is 1.54 bits per heavy atom. The van der Waals surface area contributed by atoms with Crippen molar-refractivity contribution in [2.24, 2.45) is 0 Å². The van der Waals surface area contributed by atoms with Crippen molar-refractivity contribution >= 4 is 28.3 Å². The standard InChI is InChI=1S/C30H23N5O4/c1-37-25-7-3-23(4-8-25)33-30(36)34-24-5-9-26(10-6-24)39-29-11-2-21-16-22(18-31)28(17-27(21)35-29)38-19-20-12-14-32-15-13-20/h2-17H,19H2,1H3,(H2,33,34,36). The van der Waals surface area contributed by atoms with E-state index < -0.39 is 0 Å². The molecule has 3 aromatic carbocycles. The highest BCUT2D eigenvalue weighted by molar-refractivity contribution is 5.99. The van der Waals surface area contributed by atoms with Gasteiger partial charge in [0.15, 0.2) is 0 Å². The van der Waals surface area contributed by atoms with Gasteiger partial charge < -0.3 is 24.8 Å². The lowest BCUT2D eigenvalue weighted by molar-refractivity contribution is 0.262. The van der Waals surface area contributed by atoms with Gasteiger partial charge in [-0.15, -0.1) is 0 Å². The number of ether oxygens (including phenoxy) is 3. The van der Waals surface area contributed by atoms with E-state index in [-0.39, 0.29) is 6.03 Å². The lowest BCUT2D eigenvalue weighted by atomic mass is 10.1. The van der Waals surface area contributed by atoms with Crippen LogP contribution < -0.4 is 24.8 Å². The second-order valence-corrected chi connectivity index (χ2v) is 8.38. The van der Waals surface area contributed by atoms with Crippen LogP contribution in [0.4, 0.5) is 16.2 Å². The zero-order valence-electron chi connectivity index (χ0n) is 20.9. The average molecular weight is 518 g/mol. The van der Waals surface area contributed by atoms with Gasteiger partial charge in [-0.2, -0.15) is 5.26 Å². The average Bonchev–Trinajstić information content (AvgIpc) is 2.97.